The van der Waals surface area contributed by atoms with Gasteiger partial charge in [0.2, 0.25) is 5.16 Å². The van der Waals surface area contributed by atoms with Gasteiger partial charge in [-0.3, -0.25) is 0 Å². The van der Waals surface area contributed by atoms with Gasteiger partial charge in [-0.2, -0.15) is 4.31 Å². The Labute approximate surface area is 168 Å². The molecule has 28 heavy (non-hydrogen) atoms. The number of aromatic nitrogens is 3. The fraction of sp³-hybridized carbons (Fsp3) is 0.263. The zero-order chi connectivity index (χ0) is 19.6. The molecule has 1 N–H and O–H groups in total. The summed E-state index contributed by atoms with van der Waals surface area (Å²) in [6, 6.07) is 10.1. The molecule has 0 bridgehead atoms. The lowest BCUT2D eigenvalue weighted by molar-refractivity contribution is 0.382. The number of sulfonamides is 1. The lowest BCUT2D eigenvalue weighted by atomic mass is 10.2. The normalized spacial score (nSPS) is 16.1. The highest BCUT2D eigenvalue weighted by Gasteiger charge is 2.31. The van der Waals surface area contributed by atoms with Crippen molar-refractivity contribution in [3.05, 3.63) is 58.9 Å². The van der Waals surface area contributed by atoms with Gasteiger partial charge in [-0.25, -0.2) is 18.4 Å². The first-order valence-electron chi connectivity index (χ1n) is 8.98. The van der Waals surface area contributed by atoms with Crippen LogP contribution in [-0.2, 0) is 10.0 Å². The average Bonchev–Trinajstić information content (AvgIpc) is 3.37. The van der Waals surface area contributed by atoms with Crippen molar-refractivity contribution in [3.63, 3.8) is 0 Å². The van der Waals surface area contributed by atoms with E-state index in [0.717, 1.165) is 22.1 Å². The van der Waals surface area contributed by atoms with Gasteiger partial charge in [-0.05, 0) is 18.6 Å². The SMILES string of the molecule is Cc1cnc(S(=O)(=O)N2CCN(c3nc(C=Cc4ccccc4)cs3)CC2)[nH]1. The Kier molecular flexibility index (Phi) is 5.29. The molecule has 1 aromatic carbocycles. The van der Waals surface area contributed by atoms with Gasteiger partial charge in [0.05, 0.1) is 5.69 Å². The van der Waals surface area contributed by atoms with Crippen molar-refractivity contribution in [2.75, 3.05) is 31.1 Å². The molecule has 3 heterocycles. The second-order valence-electron chi connectivity index (χ2n) is 6.56. The molecule has 146 valence electrons. The predicted molar refractivity (Wildman–Crippen MR) is 112 cm³/mol. The van der Waals surface area contributed by atoms with Crippen LogP contribution < -0.4 is 4.90 Å². The van der Waals surface area contributed by atoms with Crippen LogP contribution in [0.2, 0.25) is 0 Å². The van der Waals surface area contributed by atoms with Crippen LogP contribution in [0.4, 0.5) is 5.13 Å². The van der Waals surface area contributed by atoms with Gasteiger partial charge < -0.3 is 9.88 Å². The van der Waals surface area contributed by atoms with E-state index in [-0.39, 0.29) is 5.16 Å². The predicted octanol–water partition coefficient (Wildman–Crippen LogP) is 2.86. The minimum Gasteiger partial charge on any atom is -0.345 e. The molecule has 1 fully saturated rings. The van der Waals surface area contributed by atoms with Crippen molar-refractivity contribution in [2.24, 2.45) is 0 Å². The Morgan fingerprint density at radius 3 is 2.54 bits per heavy atom. The van der Waals surface area contributed by atoms with E-state index in [9.17, 15) is 8.42 Å². The number of nitrogens with one attached hydrogen (secondary N) is 1. The van der Waals surface area contributed by atoms with Gasteiger partial charge in [0.15, 0.2) is 5.13 Å². The second kappa shape index (κ2) is 7.86. The highest BCUT2D eigenvalue weighted by molar-refractivity contribution is 7.89. The van der Waals surface area contributed by atoms with Crippen molar-refractivity contribution in [1.82, 2.24) is 19.3 Å². The number of imidazole rings is 1. The standard InChI is InChI=1S/C19H21N5O2S2/c1-15-13-20-18(21-15)28(25,26)24-11-9-23(10-12-24)19-22-17(14-27-19)8-7-16-5-3-2-4-6-16/h2-8,13-14H,9-12H2,1H3,(H,20,21). The molecule has 9 heteroatoms. The maximum absolute atomic E-state index is 12.7. The van der Waals surface area contributed by atoms with Crippen molar-refractivity contribution < 1.29 is 8.42 Å². The van der Waals surface area contributed by atoms with Crippen molar-refractivity contribution in [2.45, 2.75) is 12.1 Å². The van der Waals surface area contributed by atoms with Gasteiger partial charge in [-0.1, -0.05) is 36.4 Å². The number of hydrogen-bond donors (Lipinski definition) is 1. The van der Waals surface area contributed by atoms with E-state index in [4.69, 9.17) is 0 Å². The fourth-order valence-electron chi connectivity index (χ4n) is 3.01. The lowest BCUT2D eigenvalue weighted by Gasteiger charge is -2.33. The molecule has 1 aliphatic heterocycles. The minimum atomic E-state index is -3.57. The smallest absolute Gasteiger partial charge is 0.276 e. The summed E-state index contributed by atoms with van der Waals surface area (Å²) in [5.74, 6) is 0. The number of anilines is 1. The third-order valence-corrected chi connectivity index (χ3v) is 7.19. The molecule has 0 atom stereocenters. The molecule has 0 saturated carbocycles. The zero-order valence-corrected chi connectivity index (χ0v) is 17.1. The quantitative estimate of drug-likeness (QED) is 0.693. The Balaban J connectivity index is 1.39. The zero-order valence-electron chi connectivity index (χ0n) is 15.4. The number of rotatable bonds is 5. The largest absolute Gasteiger partial charge is 0.345 e. The number of nitrogens with zero attached hydrogens (tertiary/aromatic N) is 4. The molecule has 0 amide bonds. The Morgan fingerprint density at radius 2 is 1.86 bits per heavy atom. The number of aromatic amines is 1. The minimum absolute atomic E-state index is 0.0148. The van der Waals surface area contributed by atoms with Crippen LogP contribution >= 0.6 is 11.3 Å². The van der Waals surface area contributed by atoms with E-state index in [2.05, 4.69) is 19.9 Å². The summed E-state index contributed by atoms with van der Waals surface area (Å²) in [6.07, 6.45) is 5.56. The van der Waals surface area contributed by atoms with Crippen molar-refractivity contribution in [3.8, 4) is 0 Å². The van der Waals surface area contributed by atoms with E-state index in [1.807, 2.05) is 47.9 Å². The first-order chi connectivity index (χ1) is 13.5. The molecular weight excluding hydrogens is 394 g/mol. The van der Waals surface area contributed by atoms with Gasteiger partial charge in [-0.15, -0.1) is 11.3 Å². The molecule has 0 spiro atoms. The number of aryl methyl sites for hydroxylation is 1. The van der Waals surface area contributed by atoms with Crippen molar-refractivity contribution >= 4 is 38.6 Å². The molecule has 1 saturated heterocycles. The molecule has 4 rings (SSSR count). The summed E-state index contributed by atoms with van der Waals surface area (Å²) in [5, 5.41) is 2.95. The van der Waals surface area contributed by atoms with Crippen LogP contribution in [-0.4, -0.2) is 53.9 Å². The summed E-state index contributed by atoms with van der Waals surface area (Å²) in [5.41, 5.74) is 2.77. The number of hydrogen-bond acceptors (Lipinski definition) is 6. The molecule has 0 unspecified atom stereocenters. The summed E-state index contributed by atoms with van der Waals surface area (Å²) in [4.78, 5) is 13.6. The number of benzene rings is 1. The second-order valence-corrected chi connectivity index (χ2v) is 9.25. The molecule has 2 aromatic heterocycles. The monoisotopic (exact) mass is 415 g/mol. The topological polar surface area (TPSA) is 82.2 Å². The van der Waals surface area contributed by atoms with Crippen molar-refractivity contribution in [1.29, 1.82) is 0 Å². The Morgan fingerprint density at radius 1 is 1.11 bits per heavy atom. The van der Waals surface area contributed by atoms with Gasteiger partial charge in [0.25, 0.3) is 10.0 Å². The molecular formula is C19H21N5O2S2. The summed E-state index contributed by atoms with van der Waals surface area (Å²) < 4.78 is 26.8. The van der Waals surface area contributed by atoms with Crippen LogP contribution in [0.15, 0.2) is 47.1 Å². The third-order valence-electron chi connectivity index (χ3n) is 4.53. The lowest BCUT2D eigenvalue weighted by Crippen LogP contribution is -2.48. The molecule has 0 radical (unpaired) electrons. The van der Waals surface area contributed by atoms with Gasteiger partial charge >= 0.3 is 0 Å². The number of thiazole rings is 1. The van der Waals surface area contributed by atoms with Crippen LogP contribution in [0.3, 0.4) is 0 Å². The molecule has 3 aromatic rings. The summed E-state index contributed by atoms with van der Waals surface area (Å²) >= 11 is 1.58. The van der Waals surface area contributed by atoms with E-state index in [1.54, 1.807) is 18.3 Å². The van der Waals surface area contributed by atoms with Crippen LogP contribution in [0, 0.1) is 6.92 Å². The molecule has 7 nitrogen and oxygen atoms in total. The van der Waals surface area contributed by atoms with Crippen LogP contribution in [0.1, 0.15) is 17.0 Å². The third kappa shape index (κ3) is 4.01. The van der Waals surface area contributed by atoms with E-state index >= 15 is 0 Å². The highest BCUT2D eigenvalue weighted by atomic mass is 32.2. The summed E-state index contributed by atoms with van der Waals surface area (Å²) in [7, 11) is -3.57. The Hall–Kier alpha value is -2.49. The van der Waals surface area contributed by atoms with Crippen LogP contribution in [0.25, 0.3) is 12.2 Å². The number of piperazine rings is 1. The highest BCUT2D eigenvalue weighted by Crippen LogP contribution is 2.24. The first-order valence-corrected chi connectivity index (χ1v) is 11.3. The van der Waals surface area contributed by atoms with E-state index in [0.29, 0.717) is 26.2 Å². The Bertz CT molecular complexity index is 1060. The first kappa shape index (κ1) is 18.9. The van der Waals surface area contributed by atoms with Gasteiger partial charge in [0, 0.05) is 43.4 Å². The average molecular weight is 416 g/mol. The van der Waals surface area contributed by atoms with Crippen LogP contribution in [0.5, 0.6) is 0 Å². The fourth-order valence-corrected chi connectivity index (χ4v) is 5.22. The maximum Gasteiger partial charge on any atom is 0.276 e. The maximum atomic E-state index is 12.7. The summed E-state index contributed by atoms with van der Waals surface area (Å²) in [6.45, 7) is 3.83. The van der Waals surface area contributed by atoms with Gasteiger partial charge in [0.1, 0.15) is 0 Å². The van der Waals surface area contributed by atoms with E-state index in [1.165, 1.54) is 10.5 Å². The van der Waals surface area contributed by atoms with E-state index < -0.39 is 10.0 Å². The number of H-pyrrole nitrogens is 1. The molecule has 1 aliphatic rings. The molecule has 0 aliphatic carbocycles.